The standard InChI is InChI=1S/C28H27BrN2O4/c1-4-13-34-27-25(29)15-21(16-26(27)33-3)14-22(17-30)28(32)31-23-9-11-24(12-10-23)35-18-20-7-5-19(2)6-8-20/h5-12,14-16H,4,13,18H2,1-3H3,(H,31,32)/b22-14+. The minimum absolute atomic E-state index is 0.0409. The van der Waals surface area contributed by atoms with Gasteiger partial charge in [0.15, 0.2) is 11.5 Å². The molecule has 3 aromatic rings. The van der Waals surface area contributed by atoms with E-state index in [2.05, 4.69) is 21.2 Å². The first-order valence-electron chi connectivity index (χ1n) is 11.2. The van der Waals surface area contributed by atoms with Crippen LogP contribution in [0.1, 0.15) is 30.0 Å². The molecule has 0 aliphatic carbocycles. The molecular formula is C28H27BrN2O4. The van der Waals surface area contributed by atoms with Gasteiger partial charge in [-0.3, -0.25) is 4.79 Å². The summed E-state index contributed by atoms with van der Waals surface area (Å²) in [5.74, 6) is 1.27. The van der Waals surface area contributed by atoms with E-state index in [0.717, 1.165) is 12.0 Å². The Morgan fingerprint density at radius 2 is 1.80 bits per heavy atom. The number of anilines is 1. The molecule has 6 nitrogen and oxygen atoms in total. The van der Waals surface area contributed by atoms with E-state index in [-0.39, 0.29) is 5.57 Å². The van der Waals surface area contributed by atoms with Gasteiger partial charge in [-0.25, -0.2) is 0 Å². The molecule has 0 fully saturated rings. The summed E-state index contributed by atoms with van der Waals surface area (Å²) in [6.45, 7) is 5.06. The third-order valence-corrected chi connectivity index (χ3v) is 5.61. The Morgan fingerprint density at radius 3 is 2.43 bits per heavy atom. The Labute approximate surface area is 214 Å². The molecule has 0 aliphatic rings. The van der Waals surface area contributed by atoms with Crippen molar-refractivity contribution in [2.75, 3.05) is 19.0 Å². The number of ether oxygens (including phenoxy) is 3. The fraction of sp³-hybridized carbons (Fsp3) is 0.214. The highest BCUT2D eigenvalue weighted by atomic mass is 79.9. The minimum Gasteiger partial charge on any atom is -0.493 e. The van der Waals surface area contributed by atoms with Crippen molar-refractivity contribution in [1.29, 1.82) is 5.26 Å². The third-order valence-electron chi connectivity index (χ3n) is 5.02. The van der Waals surface area contributed by atoms with E-state index >= 15 is 0 Å². The van der Waals surface area contributed by atoms with E-state index in [1.807, 2.05) is 44.2 Å². The van der Waals surface area contributed by atoms with Crippen LogP contribution in [0.15, 0.2) is 70.7 Å². The molecule has 0 heterocycles. The van der Waals surface area contributed by atoms with E-state index in [1.54, 1.807) is 43.5 Å². The molecule has 3 aromatic carbocycles. The number of nitrogens with zero attached hydrogens (tertiary/aromatic N) is 1. The molecule has 0 saturated carbocycles. The van der Waals surface area contributed by atoms with Gasteiger partial charge in [-0.2, -0.15) is 5.26 Å². The van der Waals surface area contributed by atoms with E-state index in [9.17, 15) is 10.1 Å². The van der Waals surface area contributed by atoms with Crippen LogP contribution in [0, 0.1) is 18.3 Å². The number of hydrogen-bond donors (Lipinski definition) is 1. The highest BCUT2D eigenvalue weighted by molar-refractivity contribution is 9.10. The van der Waals surface area contributed by atoms with Crippen molar-refractivity contribution >= 4 is 33.6 Å². The summed E-state index contributed by atoms with van der Waals surface area (Å²) in [4.78, 5) is 12.7. The number of nitriles is 1. The summed E-state index contributed by atoms with van der Waals surface area (Å²) in [5.41, 5.74) is 3.42. The lowest BCUT2D eigenvalue weighted by Gasteiger charge is -2.13. The van der Waals surface area contributed by atoms with E-state index < -0.39 is 5.91 Å². The molecule has 0 aliphatic heterocycles. The number of benzene rings is 3. The molecule has 1 amide bonds. The molecule has 0 atom stereocenters. The molecule has 7 heteroatoms. The van der Waals surface area contributed by atoms with Crippen molar-refractivity contribution in [2.45, 2.75) is 26.9 Å². The highest BCUT2D eigenvalue weighted by Crippen LogP contribution is 2.37. The molecule has 0 bridgehead atoms. The maximum Gasteiger partial charge on any atom is 0.266 e. The summed E-state index contributed by atoms with van der Waals surface area (Å²) < 4.78 is 17.6. The van der Waals surface area contributed by atoms with Gasteiger partial charge in [-0.05, 0) is 82.9 Å². The SMILES string of the molecule is CCCOc1c(Br)cc(/C=C(\C#N)C(=O)Nc2ccc(OCc3ccc(C)cc3)cc2)cc1OC. The van der Waals surface area contributed by atoms with Crippen molar-refractivity contribution < 1.29 is 19.0 Å². The second kappa shape index (κ2) is 12.6. The summed E-state index contributed by atoms with van der Waals surface area (Å²) in [5, 5.41) is 12.3. The number of carbonyl (C=O) groups excluding carboxylic acids is 1. The second-order valence-corrected chi connectivity index (χ2v) is 8.66. The lowest BCUT2D eigenvalue weighted by molar-refractivity contribution is -0.112. The summed E-state index contributed by atoms with van der Waals surface area (Å²) in [6.07, 6.45) is 2.36. The molecule has 0 spiro atoms. The minimum atomic E-state index is -0.512. The fourth-order valence-electron chi connectivity index (χ4n) is 3.17. The number of halogens is 1. The van der Waals surface area contributed by atoms with Crippen LogP contribution in [-0.2, 0) is 11.4 Å². The summed E-state index contributed by atoms with van der Waals surface area (Å²) in [6, 6.07) is 20.6. The van der Waals surface area contributed by atoms with Gasteiger partial charge >= 0.3 is 0 Å². The van der Waals surface area contributed by atoms with Crippen LogP contribution in [-0.4, -0.2) is 19.6 Å². The topological polar surface area (TPSA) is 80.6 Å². The van der Waals surface area contributed by atoms with Gasteiger partial charge in [0.2, 0.25) is 0 Å². The van der Waals surface area contributed by atoms with Crippen LogP contribution in [0.25, 0.3) is 6.08 Å². The van der Waals surface area contributed by atoms with Crippen molar-refractivity contribution in [2.24, 2.45) is 0 Å². The van der Waals surface area contributed by atoms with Crippen LogP contribution in [0.2, 0.25) is 0 Å². The Balaban J connectivity index is 1.67. The van der Waals surface area contributed by atoms with Crippen molar-refractivity contribution in [3.05, 3.63) is 87.4 Å². The average Bonchev–Trinajstić information content (AvgIpc) is 2.86. The van der Waals surface area contributed by atoms with Crippen LogP contribution in [0.5, 0.6) is 17.2 Å². The predicted octanol–water partition coefficient (Wildman–Crippen LogP) is 6.68. The molecule has 35 heavy (non-hydrogen) atoms. The number of carbonyl (C=O) groups is 1. The quantitative estimate of drug-likeness (QED) is 0.231. The fourth-order valence-corrected chi connectivity index (χ4v) is 3.74. The van der Waals surface area contributed by atoms with Gasteiger partial charge in [0.05, 0.1) is 18.2 Å². The molecule has 0 aromatic heterocycles. The number of hydrogen-bond acceptors (Lipinski definition) is 5. The van der Waals surface area contributed by atoms with Crippen LogP contribution in [0.4, 0.5) is 5.69 Å². The lowest BCUT2D eigenvalue weighted by Crippen LogP contribution is -2.13. The second-order valence-electron chi connectivity index (χ2n) is 7.81. The van der Waals surface area contributed by atoms with Gasteiger partial charge < -0.3 is 19.5 Å². The van der Waals surface area contributed by atoms with Crippen molar-refractivity contribution in [3.63, 3.8) is 0 Å². The third kappa shape index (κ3) is 7.36. The van der Waals surface area contributed by atoms with Gasteiger partial charge in [-0.15, -0.1) is 0 Å². The molecule has 1 N–H and O–H groups in total. The summed E-state index contributed by atoms with van der Waals surface area (Å²) >= 11 is 3.48. The molecule has 0 unspecified atom stereocenters. The van der Waals surface area contributed by atoms with Gasteiger partial charge in [0, 0.05) is 5.69 Å². The Kier molecular flexibility index (Phi) is 9.33. The van der Waals surface area contributed by atoms with E-state index in [0.29, 0.717) is 46.2 Å². The Morgan fingerprint density at radius 1 is 1.09 bits per heavy atom. The highest BCUT2D eigenvalue weighted by Gasteiger charge is 2.14. The normalized spacial score (nSPS) is 10.9. The van der Waals surface area contributed by atoms with Crippen LogP contribution >= 0.6 is 15.9 Å². The number of amides is 1. The van der Waals surface area contributed by atoms with Gasteiger partial charge in [-0.1, -0.05) is 36.8 Å². The first-order chi connectivity index (χ1) is 16.9. The zero-order valence-electron chi connectivity index (χ0n) is 19.9. The molecule has 180 valence electrons. The van der Waals surface area contributed by atoms with Gasteiger partial charge in [0.1, 0.15) is 24.0 Å². The average molecular weight is 535 g/mol. The zero-order chi connectivity index (χ0) is 25.2. The Hall–Kier alpha value is -3.76. The monoisotopic (exact) mass is 534 g/mol. The lowest BCUT2D eigenvalue weighted by atomic mass is 10.1. The molecule has 3 rings (SSSR count). The molecular weight excluding hydrogens is 508 g/mol. The van der Waals surface area contributed by atoms with E-state index in [4.69, 9.17) is 14.2 Å². The number of nitrogens with one attached hydrogen (secondary N) is 1. The van der Waals surface area contributed by atoms with E-state index in [1.165, 1.54) is 11.6 Å². The molecule has 0 saturated heterocycles. The maximum atomic E-state index is 12.7. The zero-order valence-corrected chi connectivity index (χ0v) is 21.5. The number of rotatable bonds is 10. The first-order valence-corrected chi connectivity index (χ1v) is 11.9. The van der Waals surface area contributed by atoms with Crippen molar-refractivity contribution in [3.8, 4) is 23.3 Å². The Bertz CT molecular complexity index is 1230. The number of methoxy groups -OCH3 is 1. The summed E-state index contributed by atoms with van der Waals surface area (Å²) in [7, 11) is 1.54. The molecule has 0 radical (unpaired) electrons. The first kappa shape index (κ1) is 25.9. The van der Waals surface area contributed by atoms with Gasteiger partial charge in [0.25, 0.3) is 5.91 Å². The number of aryl methyl sites for hydroxylation is 1. The van der Waals surface area contributed by atoms with Crippen LogP contribution in [0.3, 0.4) is 0 Å². The smallest absolute Gasteiger partial charge is 0.266 e. The predicted molar refractivity (Wildman–Crippen MR) is 141 cm³/mol. The van der Waals surface area contributed by atoms with Crippen molar-refractivity contribution in [1.82, 2.24) is 0 Å². The largest absolute Gasteiger partial charge is 0.493 e. The maximum absolute atomic E-state index is 12.7. The van der Waals surface area contributed by atoms with Crippen LogP contribution < -0.4 is 19.5 Å².